The monoisotopic (exact) mass is 271 g/mol. The van der Waals surface area contributed by atoms with Gasteiger partial charge >= 0.3 is 0 Å². The molecule has 0 atom stereocenters. The van der Waals surface area contributed by atoms with Crippen LogP contribution in [0, 0.1) is 0 Å². The zero-order valence-electron chi connectivity index (χ0n) is 10.3. The minimum Gasteiger partial charge on any atom is -0.368 e. The Balaban J connectivity index is 1.99. The van der Waals surface area contributed by atoms with Gasteiger partial charge in [0.2, 0.25) is 5.95 Å². The van der Waals surface area contributed by atoms with Crippen LogP contribution in [0.1, 0.15) is 24.2 Å². The Hall–Kier alpha value is -1.95. The topological polar surface area (TPSA) is 69.6 Å². The standard InChI is InChI=1S/C13H13N5S/c14-13-16-11(8-5-6-19-12(8)17-13)18-7-15-9-3-1-2-4-10(9)18/h5-7H,1-4H2,(H2,14,16,17). The van der Waals surface area contributed by atoms with E-state index in [0.29, 0.717) is 5.95 Å². The van der Waals surface area contributed by atoms with E-state index in [1.807, 2.05) is 17.8 Å². The van der Waals surface area contributed by atoms with E-state index in [0.717, 1.165) is 28.9 Å². The van der Waals surface area contributed by atoms with Crippen LogP contribution >= 0.6 is 11.3 Å². The predicted molar refractivity (Wildman–Crippen MR) is 75.6 cm³/mol. The summed E-state index contributed by atoms with van der Waals surface area (Å²) >= 11 is 1.59. The molecule has 4 rings (SSSR count). The molecule has 3 heterocycles. The van der Waals surface area contributed by atoms with Crippen molar-refractivity contribution in [3.05, 3.63) is 29.2 Å². The van der Waals surface area contributed by atoms with Crippen molar-refractivity contribution in [2.45, 2.75) is 25.7 Å². The van der Waals surface area contributed by atoms with Gasteiger partial charge in [0, 0.05) is 5.69 Å². The first-order chi connectivity index (χ1) is 9.33. The summed E-state index contributed by atoms with van der Waals surface area (Å²) in [5.41, 5.74) is 8.29. The van der Waals surface area contributed by atoms with Crippen molar-refractivity contribution in [2.24, 2.45) is 0 Å². The highest BCUT2D eigenvalue weighted by Gasteiger charge is 2.18. The smallest absolute Gasteiger partial charge is 0.223 e. The highest BCUT2D eigenvalue weighted by atomic mass is 32.1. The lowest BCUT2D eigenvalue weighted by Crippen LogP contribution is -2.09. The van der Waals surface area contributed by atoms with Gasteiger partial charge in [-0.25, -0.2) is 9.97 Å². The Kier molecular flexibility index (Phi) is 2.32. The summed E-state index contributed by atoms with van der Waals surface area (Å²) < 4.78 is 2.08. The number of nitrogens with zero attached hydrogens (tertiary/aromatic N) is 4. The lowest BCUT2D eigenvalue weighted by Gasteiger charge is -2.14. The number of aromatic nitrogens is 4. The molecule has 19 heavy (non-hydrogen) atoms. The Bertz CT molecular complexity index is 758. The van der Waals surface area contributed by atoms with Crippen molar-refractivity contribution in [3.63, 3.8) is 0 Å². The summed E-state index contributed by atoms with van der Waals surface area (Å²) in [6, 6.07) is 2.05. The molecule has 0 aliphatic heterocycles. The second-order valence-electron chi connectivity index (χ2n) is 4.76. The SMILES string of the molecule is Nc1nc(-n2cnc3c2CCCC3)c2ccsc2n1. The summed E-state index contributed by atoms with van der Waals surface area (Å²) in [7, 11) is 0. The molecule has 3 aromatic rings. The largest absolute Gasteiger partial charge is 0.368 e. The van der Waals surface area contributed by atoms with Crippen LogP contribution in [-0.2, 0) is 12.8 Å². The summed E-state index contributed by atoms with van der Waals surface area (Å²) in [5, 5.41) is 3.07. The molecule has 1 aliphatic rings. The average Bonchev–Trinajstić information content (AvgIpc) is 3.03. The highest BCUT2D eigenvalue weighted by molar-refractivity contribution is 7.16. The van der Waals surface area contributed by atoms with E-state index in [4.69, 9.17) is 5.73 Å². The summed E-state index contributed by atoms with van der Waals surface area (Å²) in [5.74, 6) is 1.18. The molecule has 0 aromatic carbocycles. The van der Waals surface area contributed by atoms with Crippen LogP contribution in [0.4, 0.5) is 5.95 Å². The molecule has 0 fully saturated rings. The molecule has 0 saturated carbocycles. The van der Waals surface area contributed by atoms with Gasteiger partial charge in [0.05, 0.1) is 11.1 Å². The molecular formula is C13H13N5S. The number of fused-ring (bicyclic) bond motifs is 2. The van der Waals surface area contributed by atoms with Gasteiger partial charge in [-0.3, -0.25) is 4.57 Å². The second-order valence-corrected chi connectivity index (χ2v) is 5.65. The third-order valence-corrected chi connectivity index (χ3v) is 4.39. The Morgan fingerprint density at radius 1 is 1.21 bits per heavy atom. The molecule has 2 N–H and O–H groups in total. The fourth-order valence-corrected chi connectivity index (χ4v) is 3.46. The van der Waals surface area contributed by atoms with E-state index in [9.17, 15) is 0 Å². The van der Waals surface area contributed by atoms with Gasteiger partial charge < -0.3 is 5.73 Å². The number of nitrogen functional groups attached to an aromatic ring is 1. The highest BCUT2D eigenvalue weighted by Crippen LogP contribution is 2.28. The fraction of sp³-hybridized carbons (Fsp3) is 0.308. The van der Waals surface area contributed by atoms with Gasteiger partial charge in [-0.05, 0) is 37.1 Å². The molecule has 3 aromatic heterocycles. The first-order valence-corrected chi connectivity index (χ1v) is 7.27. The van der Waals surface area contributed by atoms with Crippen LogP contribution in [-0.4, -0.2) is 19.5 Å². The summed E-state index contributed by atoms with van der Waals surface area (Å²) in [4.78, 5) is 14.1. The van der Waals surface area contributed by atoms with Gasteiger partial charge in [0.25, 0.3) is 0 Å². The van der Waals surface area contributed by atoms with E-state index in [1.165, 1.54) is 24.2 Å². The van der Waals surface area contributed by atoms with Crippen molar-refractivity contribution in [1.82, 2.24) is 19.5 Å². The maximum absolute atomic E-state index is 5.82. The Morgan fingerprint density at radius 2 is 2.11 bits per heavy atom. The van der Waals surface area contributed by atoms with Crippen molar-refractivity contribution in [3.8, 4) is 5.82 Å². The molecule has 6 heteroatoms. The van der Waals surface area contributed by atoms with Crippen LogP contribution in [0.15, 0.2) is 17.8 Å². The molecule has 0 spiro atoms. The third kappa shape index (κ3) is 1.63. The second kappa shape index (κ2) is 4.03. The number of rotatable bonds is 1. The van der Waals surface area contributed by atoms with Crippen LogP contribution in [0.5, 0.6) is 0 Å². The minimum absolute atomic E-state index is 0.322. The zero-order valence-corrected chi connectivity index (χ0v) is 11.2. The number of thiophene rings is 1. The molecule has 0 bridgehead atoms. The van der Waals surface area contributed by atoms with E-state index in [-0.39, 0.29) is 0 Å². The average molecular weight is 271 g/mol. The Morgan fingerprint density at radius 3 is 3.05 bits per heavy atom. The molecule has 0 saturated heterocycles. The molecule has 96 valence electrons. The lowest BCUT2D eigenvalue weighted by atomic mass is 10.0. The van der Waals surface area contributed by atoms with E-state index in [1.54, 1.807) is 11.3 Å². The first kappa shape index (κ1) is 10.9. The van der Waals surface area contributed by atoms with Crippen molar-refractivity contribution >= 4 is 27.5 Å². The summed E-state index contributed by atoms with van der Waals surface area (Å²) in [6.07, 6.45) is 6.44. The molecule has 5 nitrogen and oxygen atoms in total. The maximum atomic E-state index is 5.82. The molecular weight excluding hydrogens is 258 g/mol. The zero-order chi connectivity index (χ0) is 12.8. The Labute approximate surface area is 114 Å². The summed E-state index contributed by atoms with van der Waals surface area (Å²) in [6.45, 7) is 0. The van der Waals surface area contributed by atoms with Gasteiger partial charge in [0.15, 0.2) is 5.82 Å². The third-order valence-electron chi connectivity index (χ3n) is 3.58. The quantitative estimate of drug-likeness (QED) is 0.737. The van der Waals surface area contributed by atoms with Gasteiger partial charge in [-0.15, -0.1) is 11.3 Å². The van der Waals surface area contributed by atoms with Crippen molar-refractivity contribution in [2.75, 3.05) is 5.73 Å². The van der Waals surface area contributed by atoms with Crippen LogP contribution in [0.25, 0.3) is 16.0 Å². The van der Waals surface area contributed by atoms with Crippen LogP contribution < -0.4 is 5.73 Å². The van der Waals surface area contributed by atoms with E-state index in [2.05, 4.69) is 19.5 Å². The van der Waals surface area contributed by atoms with Gasteiger partial charge in [0.1, 0.15) is 11.2 Å². The number of nitrogens with two attached hydrogens (primary N) is 1. The minimum atomic E-state index is 0.322. The van der Waals surface area contributed by atoms with Gasteiger partial charge in [-0.2, -0.15) is 4.98 Å². The number of anilines is 1. The number of imidazole rings is 1. The predicted octanol–water partition coefficient (Wildman–Crippen LogP) is 2.34. The molecule has 0 radical (unpaired) electrons. The maximum Gasteiger partial charge on any atom is 0.223 e. The fourth-order valence-electron chi connectivity index (χ4n) is 2.69. The molecule has 0 amide bonds. The number of hydrogen-bond acceptors (Lipinski definition) is 5. The first-order valence-electron chi connectivity index (χ1n) is 6.39. The van der Waals surface area contributed by atoms with Crippen LogP contribution in [0.2, 0.25) is 0 Å². The molecule has 1 aliphatic carbocycles. The van der Waals surface area contributed by atoms with E-state index >= 15 is 0 Å². The number of hydrogen-bond donors (Lipinski definition) is 1. The van der Waals surface area contributed by atoms with E-state index < -0.39 is 0 Å². The van der Waals surface area contributed by atoms with Crippen molar-refractivity contribution in [1.29, 1.82) is 0 Å². The van der Waals surface area contributed by atoms with Gasteiger partial charge in [-0.1, -0.05) is 0 Å². The normalized spacial score (nSPS) is 14.7. The number of aryl methyl sites for hydroxylation is 1. The van der Waals surface area contributed by atoms with Crippen LogP contribution in [0.3, 0.4) is 0 Å². The lowest BCUT2D eigenvalue weighted by molar-refractivity contribution is 0.654. The molecule has 0 unspecified atom stereocenters. The van der Waals surface area contributed by atoms with Crippen molar-refractivity contribution < 1.29 is 0 Å².